The van der Waals surface area contributed by atoms with E-state index in [4.69, 9.17) is 23.2 Å². The summed E-state index contributed by atoms with van der Waals surface area (Å²) in [5, 5.41) is 18.9. The summed E-state index contributed by atoms with van der Waals surface area (Å²) in [5.41, 5.74) is 0.754. The molecule has 0 saturated heterocycles. The minimum atomic E-state index is -4.89. The Hall–Kier alpha value is -3.08. The van der Waals surface area contributed by atoms with Crippen LogP contribution in [0, 0.1) is 0 Å². The first-order chi connectivity index (χ1) is 15.6. The van der Waals surface area contributed by atoms with Crippen LogP contribution in [-0.4, -0.2) is 41.5 Å². The number of hydrogen-bond acceptors (Lipinski definition) is 4. The fourth-order valence-electron chi connectivity index (χ4n) is 3.18. The van der Waals surface area contributed by atoms with Crippen molar-refractivity contribution in [3.63, 3.8) is 0 Å². The first-order valence-corrected chi connectivity index (χ1v) is 10.4. The Labute approximate surface area is 195 Å². The summed E-state index contributed by atoms with van der Waals surface area (Å²) in [6.07, 6.45) is -4.49. The van der Waals surface area contributed by atoms with E-state index in [1.807, 2.05) is 0 Å². The molecule has 0 unspecified atom stereocenters. The van der Waals surface area contributed by atoms with Crippen molar-refractivity contribution in [2.75, 3.05) is 0 Å². The van der Waals surface area contributed by atoms with Crippen molar-refractivity contribution in [3.05, 3.63) is 87.0 Å². The average molecular weight is 498 g/mol. The summed E-state index contributed by atoms with van der Waals surface area (Å²) < 4.78 is 42.2. The van der Waals surface area contributed by atoms with Crippen LogP contribution in [0.3, 0.4) is 0 Å². The lowest BCUT2D eigenvalue weighted by Crippen LogP contribution is -2.37. The Morgan fingerprint density at radius 2 is 1.76 bits per heavy atom. The van der Waals surface area contributed by atoms with Gasteiger partial charge in [-0.3, -0.25) is 4.57 Å². The van der Waals surface area contributed by atoms with Crippen molar-refractivity contribution >= 4 is 23.2 Å². The largest absolute Gasteiger partial charge is 0.416 e. The van der Waals surface area contributed by atoms with Gasteiger partial charge in [0.25, 0.3) is 0 Å². The summed E-state index contributed by atoms with van der Waals surface area (Å²) in [4.78, 5) is 12.9. The Bertz CT molecular complexity index is 1330. The molecule has 0 aliphatic rings. The molecule has 1 N–H and O–H groups in total. The number of halogens is 5. The number of para-hydroxylation sites is 1. The number of aliphatic hydroxyl groups excluding tert-OH is 1. The fraction of sp³-hybridized carbons (Fsp3) is 0.190. The Balaban J connectivity index is 1.71. The van der Waals surface area contributed by atoms with Gasteiger partial charge in [-0.2, -0.15) is 18.3 Å². The number of alkyl halides is 3. The number of nitrogens with zero attached hydrogens (tertiary/aromatic N) is 5. The minimum Gasteiger partial charge on any atom is -0.382 e. The molecule has 172 valence electrons. The Morgan fingerprint density at radius 1 is 1.06 bits per heavy atom. The van der Waals surface area contributed by atoms with E-state index in [1.54, 1.807) is 30.5 Å². The van der Waals surface area contributed by atoms with E-state index in [-0.39, 0.29) is 12.4 Å². The van der Waals surface area contributed by atoms with E-state index >= 15 is 0 Å². The van der Waals surface area contributed by atoms with Crippen molar-refractivity contribution in [2.45, 2.75) is 25.4 Å². The maximum atomic E-state index is 13.0. The molecule has 0 fully saturated rings. The first kappa shape index (κ1) is 23.1. The molecule has 1 atom stereocenters. The third-order valence-corrected chi connectivity index (χ3v) is 5.40. The lowest BCUT2D eigenvalue weighted by Gasteiger charge is -2.15. The SMILES string of the molecule is O=c1n(Cc2cnn(-c3ccccc3Cl)c2)nc(-c2ccc(Cl)cc2)n1C[C@@H](O)C(F)(F)F. The number of aromatic nitrogens is 5. The average Bonchev–Trinajstić information content (AvgIpc) is 3.34. The summed E-state index contributed by atoms with van der Waals surface area (Å²) in [5.74, 6) is -0.0292. The van der Waals surface area contributed by atoms with Gasteiger partial charge < -0.3 is 5.11 Å². The molecule has 0 spiro atoms. The van der Waals surface area contributed by atoms with Crippen LogP contribution < -0.4 is 5.69 Å². The predicted molar refractivity (Wildman–Crippen MR) is 117 cm³/mol. The lowest BCUT2D eigenvalue weighted by molar-refractivity contribution is -0.207. The number of hydrogen-bond donors (Lipinski definition) is 1. The fourth-order valence-corrected chi connectivity index (χ4v) is 3.53. The van der Waals surface area contributed by atoms with Gasteiger partial charge >= 0.3 is 11.9 Å². The molecule has 0 amide bonds. The Kier molecular flexibility index (Phi) is 6.33. The standard InChI is InChI=1S/C21H16Cl2F3N5O2/c22-15-7-5-14(6-8-15)19-28-31(20(33)29(19)12-18(32)21(24,25)26)11-13-9-27-30(10-13)17-4-2-1-3-16(17)23/h1-10,18,32H,11-12H2/t18-/m1/s1. The second kappa shape index (κ2) is 9.05. The van der Waals surface area contributed by atoms with Crippen LogP contribution in [0.1, 0.15) is 5.56 Å². The highest BCUT2D eigenvalue weighted by atomic mass is 35.5. The van der Waals surface area contributed by atoms with Gasteiger partial charge in [-0.15, -0.1) is 5.10 Å². The van der Waals surface area contributed by atoms with Crippen LogP contribution in [0.5, 0.6) is 0 Å². The van der Waals surface area contributed by atoms with Gasteiger partial charge in [-0.05, 0) is 36.4 Å². The van der Waals surface area contributed by atoms with Crippen molar-refractivity contribution in [1.29, 1.82) is 0 Å². The molecule has 2 heterocycles. The normalized spacial score (nSPS) is 12.8. The minimum absolute atomic E-state index is 0.0292. The predicted octanol–water partition coefficient (Wildman–Crippen LogP) is 4.18. The van der Waals surface area contributed by atoms with E-state index in [0.29, 0.717) is 26.9 Å². The molecule has 7 nitrogen and oxygen atoms in total. The quantitative estimate of drug-likeness (QED) is 0.433. The van der Waals surface area contributed by atoms with Crippen molar-refractivity contribution in [1.82, 2.24) is 24.1 Å². The van der Waals surface area contributed by atoms with Gasteiger partial charge in [0.05, 0.1) is 30.0 Å². The van der Waals surface area contributed by atoms with Gasteiger partial charge in [0, 0.05) is 22.3 Å². The van der Waals surface area contributed by atoms with Gasteiger partial charge in [0.2, 0.25) is 0 Å². The second-order valence-corrected chi connectivity index (χ2v) is 8.03. The molecule has 0 saturated carbocycles. The summed E-state index contributed by atoms with van der Waals surface area (Å²) in [7, 11) is 0. The van der Waals surface area contributed by atoms with E-state index in [0.717, 1.165) is 9.25 Å². The van der Waals surface area contributed by atoms with Crippen molar-refractivity contribution in [2.24, 2.45) is 0 Å². The molecule has 12 heteroatoms. The molecule has 0 bridgehead atoms. The first-order valence-electron chi connectivity index (χ1n) is 9.60. The molecule has 4 rings (SSSR count). The number of rotatable bonds is 6. The maximum absolute atomic E-state index is 13.0. The monoisotopic (exact) mass is 497 g/mol. The third kappa shape index (κ3) is 4.97. The van der Waals surface area contributed by atoms with Crippen LogP contribution >= 0.6 is 23.2 Å². The van der Waals surface area contributed by atoms with E-state index < -0.39 is 24.5 Å². The van der Waals surface area contributed by atoms with Gasteiger partial charge in [0.15, 0.2) is 11.9 Å². The zero-order valence-corrected chi connectivity index (χ0v) is 18.3. The molecule has 2 aromatic carbocycles. The lowest BCUT2D eigenvalue weighted by atomic mass is 10.2. The van der Waals surface area contributed by atoms with Crippen molar-refractivity contribution < 1.29 is 18.3 Å². The number of benzene rings is 2. The van der Waals surface area contributed by atoms with E-state index in [1.165, 1.54) is 35.1 Å². The molecule has 0 radical (unpaired) electrons. The topological polar surface area (TPSA) is 77.9 Å². The van der Waals surface area contributed by atoms with Crippen LogP contribution in [0.2, 0.25) is 10.0 Å². The molecule has 2 aromatic heterocycles. The van der Waals surface area contributed by atoms with Gasteiger partial charge in [-0.25, -0.2) is 14.2 Å². The zero-order chi connectivity index (χ0) is 23.8. The zero-order valence-electron chi connectivity index (χ0n) is 16.7. The smallest absolute Gasteiger partial charge is 0.382 e. The summed E-state index contributed by atoms with van der Waals surface area (Å²) in [6.45, 7) is -1.06. The molecule has 33 heavy (non-hydrogen) atoms. The third-order valence-electron chi connectivity index (χ3n) is 4.83. The molecule has 0 aliphatic heterocycles. The second-order valence-electron chi connectivity index (χ2n) is 7.18. The van der Waals surface area contributed by atoms with Crippen molar-refractivity contribution in [3.8, 4) is 17.1 Å². The van der Waals surface area contributed by atoms with Gasteiger partial charge in [0.1, 0.15) is 0 Å². The molecule has 4 aromatic rings. The summed E-state index contributed by atoms with van der Waals surface area (Å²) >= 11 is 12.1. The van der Waals surface area contributed by atoms with Crippen LogP contribution in [0.25, 0.3) is 17.1 Å². The van der Waals surface area contributed by atoms with E-state index in [2.05, 4.69) is 10.2 Å². The Morgan fingerprint density at radius 3 is 2.42 bits per heavy atom. The van der Waals surface area contributed by atoms with Gasteiger partial charge in [-0.1, -0.05) is 35.3 Å². The van der Waals surface area contributed by atoms with Crippen LogP contribution in [-0.2, 0) is 13.1 Å². The molecular weight excluding hydrogens is 482 g/mol. The van der Waals surface area contributed by atoms with Crippen LogP contribution in [0.15, 0.2) is 65.7 Å². The molecule has 0 aliphatic carbocycles. The van der Waals surface area contributed by atoms with Crippen LogP contribution in [0.4, 0.5) is 13.2 Å². The summed E-state index contributed by atoms with van der Waals surface area (Å²) in [6, 6.07) is 13.1. The molecular formula is C21H16Cl2F3N5O2. The highest BCUT2D eigenvalue weighted by Crippen LogP contribution is 2.24. The maximum Gasteiger partial charge on any atom is 0.416 e. The number of aliphatic hydroxyl groups is 1. The highest BCUT2D eigenvalue weighted by Gasteiger charge is 2.39. The highest BCUT2D eigenvalue weighted by molar-refractivity contribution is 6.32. The van der Waals surface area contributed by atoms with E-state index in [9.17, 15) is 23.1 Å².